The quantitative estimate of drug-likeness (QED) is 0.419. The lowest BCUT2D eigenvalue weighted by Crippen LogP contribution is -2.32. The largest absolute Gasteiger partial charge is 0.497 e. The van der Waals surface area contributed by atoms with E-state index >= 15 is 0 Å². The van der Waals surface area contributed by atoms with Gasteiger partial charge in [0.2, 0.25) is 0 Å². The second-order valence-corrected chi connectivity index (χ2v) is 6.49. The molecule has 3 heteroatoms. The molecule has 0 amide bonds. The molecule has 1 aromatic rings. The van der Waals surface area contributed by atoms with Gasteiger partial charge in [-0.05, 0) is 37.9 Å². The highest BCUT2D eigenvalue weighted by Gasteiger charge is 2.13. The van der Waals surface area contributed by atoms with Crippen molar-refractivity contribution in [2.24, 2.45) is 0 Å². The molecule has 140 valence electrons. The third-order valence-corrected chi connectivity index (χ3v) is 4.52. The molecule has 1 unspecified atom stereocenters. The molecule has 0 aliphatic rings. The molecule has 0 aromatic heterocycles. The number of likely N-dealkylation sites (N-methyl/N-ethyl adjacent to an activating group) is 1. The van der Waals surface area contributed by atoms with Gasteiger partial charge in [0.25, 0.3) is 0 Å². The Labute approximate surface area is 154 Å². The van der Waals surface area contributed by atoms with Crippen LogP contribution in [-0.4, -0.2) is 38.8 Å². The average molecular weight is 346 g/mol. The highest BCUT2D eigenvalue weighted by Crippen LogP contribution is 2.25. The van der Waals surface area contributed by atoms with Crippen molar-refractivity contribution in [1.82, 2.24) is 4.90 Å². The lowest BCUT2D eigenvalue weighted by Gasteiger charge is -2.24. The standard InChI is InChI=1S/C22H35NO2/c1-6-8-10-11-13-20(12-9-7-2)23(3)17-16-19-14-15-21(24-4)18-22(19)25-5/h14-15,18,20H,6-10,12,16-17H2,1-5H3. The summed E-state index contributed by atoms with van der Waals surface area (Å²) in [6.45, 7) is 5.42. The summed E-state index contributed by atoms with van der Waals surface area (Å²) in [4.78, 5) is 2.39. The summed E-state index contributed by atoms with van der Waals surface area (Å²) >= 11 is 0. The zero-order valence-corrected chi connectivity index (χ0v) is 16.7. The summed E-state index contributed by atoms with van der Waals surface area (Å²) in [6.07, 6.45) is 7.95. The molecule has 0 N–H and O–H groups in total. The molecule has 25 heavy (non-hydrogen) atoms. The van der Waals surface area contributed by atoms with Crippen molar-refractivity contribution in [2.75, 3.05) is 27.8 Å². The minimum absolute atomic E-state index is 0.348. The van der Waals surface area contributed by atoms with E-state index in [2.05, 4.69) is 43.7 Å². The monoisotopic (exact) mass is 345 g/mol. The Hall–Kier alpha value is -1.66. The molecule has 0 fully saturated rings. The van der Waals surface area contributed by atoms with E-state index in [0.29, 0.717) is 6.04 Å². The Morgan fingerprint density at radius 2 is 1.84 bits per heavy atom. The van der Waals surface area contributed by atoms with Crippen molar-refractivity contribution in [3.05, 3.63) is 23.8 Å². The molecule has 1 atom stereocenters. The van der Waals surface area contributed by atoms with E-state index in [0.717, 1.165) is 37.3 Å². The fourth-order valence-electron chi connectivity index (χ4n) is 2.77. The minimum atomic E-state index is 0.348. The first-order valence-electron chi connectivity index (χ1n) is 9.55. The number of methoxy groups -OCH3 is 2. The first kappa shape index (κ1) is 21.4. The Kier molecular flexibility index (Phi) is 10.8. The normalized spacial score (nSPS) is 11.8. The van der Waals surface area contributed by atoms with Gasteiger partial charge in [0.15, 0.2) is 0 Å². The zero-order chi connectivity index (χ0) is 18.5. The van der Waals surface area contributed by atoms with Crippen LogP contribution in [0.2, 0.25) is 0 Å². The highest BCUT2D eigenvalue weighted by atomic mass is 16.5. The lowest BCUT2D eigenvalue weighted by molar-refractivity contribution is 0.275. The van der Waals surface area contributed by atoms with Crippen molar-refractivity contribution >= 4 is 0 Å². The van der Waals surface area contributed by atoms with E-state index in [4.69, 9.17) is 9.47 Å². The third-order valence-electron chi connectivity index (χ3n) is 4.52. The summed E-state index contributed by atoms with van der Waals surface area (Å²) < 4.78 is 10.8. The Morgan fingerprint density at radius 1 is 1.08 bits per heavy atom. The summed E-state index contributed by atoms with van der Waals surface area (Å²) in [5.41, 5.74) is 1.21. The van der Waals surface area contributed by atoms with Gasteiger partial charge < -0.3 is 9.47 Å². The zero-order valence-electron chi connectivity index (χ0n) is 16.7. The summed E-state index contributed by atoms with van der Waals surface area (Å²) in [7, 11) is 5.58. The van der Waals surface area contributed by atoms with Crippen molar-refractivity contribution in [3.8, 4) is 23.3 Å². The molecular formula is C22H35NO2. The maximum atomic E-state index is 5.51. The van der Waals surface area contributed by atoms with Crippen LogP contribution in [0.1, 0.15) is 57.9 Å². The number of unbranched alkanes of at least 4 members (excludes halogenated alkanes) is 3. The van der Waals surface area contributed by atoms with Gasteiger partial charge >= 0.3 is 0 Å². The molecule has 0 spiro atoms. The third kappa shape index (κ3) is 7.84. The Bertz CT molecular complexity index is 545. The van der Waals surface area contributed by atoms with Gasteiger partial charge in [0.05, 0.1) is 20.3 Å². The van der Waals surface area contributed by atoms with Crippen LogP contribution in [0.3, 0.4) is 0 Å². The van der Waals surface area contributed by atoms with Crippen molar-refractivity contribution < 1.29 is 9.47 Å². The fraction of sp³-hybridized carbons (Fsp3) is 0.636. The van der Waals surface area contributed by atoms with Crippen molar-refractivity contribution in [2.45, 2.75) is 64.8 Å². The lowest BCUT2D eigenvalue weighted by atomic mass is 10.1. The predicted molar refractivity (Wildman–Crippen MR) is 106 cm³/mol. The molecule has 0 heterocycles. The van der Waals surface area contributed by atoms with Crippen LogP contribution in [0, 0.1) is 11.8 Å². The maximum Gasteiger partial charge on any atom is 0.125 e. The molecule has 3 nitrogen and oxygen atoms in total. The molecular weight excluding hydrogens is 310 g/mol. The van der Waals surface area contributed by atoms with Crippen molar-refractivity contribution in [1.29, 1.82) is 0 Å². The number of hydrogen-bond acceptors (Lipinski definition) is 3. The highest BCUT2D eigenvalue weighted by molar-refractivity contribution is 5.40. The summed E-state index contributed by atoms with van der Waals surface area (Å²) in [6, 6.07) is 6.39. The molecule has 0 bridgehead atoms. The van der Waals surface area contributed by atoms with Gasteiger partial charge in [-0.2, -0.15) is 0 Å². The van der Waals surface area contributed by atoms with E-state index in [1.54, 1.807) is 14.2 Å². The van der Waals surface area contributed by atoms with Crippen LogP contribution in [0.4, 0.5) is 0 Å². The molecule has 1 rings (SSSR count). The van der Waals surface area contributed by atoms with Crippen LogP contribution < -0.4 is 9.47 Å². The number of hydrogen-bond donors (Lipinski definition) is 0. The maximum absolute atomic E-state index is 5.51. The molecule has 0 saturated heterocycles. The van der Waals surface area contributed by atoms with Crippen LogP contribution in [0.5, 0.6) is 11.5 Å². The number of rotatable bonds is 11. The molecule has 0 saturated carbocycles. The van der Waals surface area contributed by atoms with E-state index in [9.17, 15) is 0 Å². The van der Waals surface area contributed by atoms with E-state index in [1.807, 2.05) is 12.1 Å². The Morgan fingerprint density at radius 3 is 2.48 bits per heavy atom. The minimum Gasteiger partial charge on any atom is -0.497 e. The van der Waals surface area contributed by atoms with Crippen LogP contribution >= 0.6 is 0 Å². The van der Waals surface area contributed by atoms with Gasteiger partial charge in [-0.15, -0.1) is 5.92 Å². The number of nitrogens with zero attached hydrogens (tertiary/aromatic N) is 1. The van der Waals surface area contributed by atoms with Gasteiger partial charge in [-0.1, -0.05) is 45.1 Å². The fourth-order valence-corrected chi connectivity index (χ4v) is 2.77. The number of ether oxygens (including phenoxy) is 2. The number of benzene rings is 1. The van der Waals surface area contributed by atoms with E-state index < -0.39 is 0 Å². The average Bonchev–Trinajstić information content (AvgIpc) is 2.65. The van der Waals surface area contributed by atoms with Gasteiger partial charge in [0.1, 0.15) is 11.5 Å². The van der Waals surface area contributed by atoms with E-state index in [1.165, 1.54) is 31.2 Å². The van der Waals surface area contributed by atoms with Crippen LogP contribution in [0.15, 0.2) is 18.2 Å². The molecule has 1 aromatic carbocycles. The molecule has 0 aliphatic heterocycles. The van der Waals surface area contributed by atoms with Gasteiger partial charge in [0, 0.05) is 19.0 Å². The SMILES string of the molecule is CCCCC#CC(CCCC)N(C)CCc1ccc(OC)cc1OC. The van der Waals surface area contributed by atoms with Gasteiger partial charge in [-0.3, -0.25) is 4.90 Å². The van der Waals surface area contributed by atoms with Crippen LogP contribution in [-0.2, 0) is 6.42 Å². The molecule has 0 radical (unpaired) electrons. The second kappa shape index (κ2) is 12.7. The summed E-state index contributed by atoms with van der Waals surface area (Å²) in [5.74, 6) is 8.60. The van der Waals surface area contributed by atoms with E-state index in [-0.39, 0.29) is 0 Å². The first-order valence-corrected chi connectivity index (χ1v) is 9.55. The van der Waals surface area contributed by atoms with Crippen LogP contribution in [0.25, 0.3) is 0 Å². The second-order valence-electron chi connectivity index (χ2n) is 6.49. The Balaban J connectivity index is 2.68. The van der Waals surface area contributed by atoms with Gasteiger partial charge in [-0.25, -0.2) is 0 Å². The topological polar surface area (TPSA) is 21.7 Å². The molecule has 0 aliphatic carbocycles. The summed E-state index contributed by atoms with van der Waals surface area (Å²) in [5, 5.41) is 0. The first-order chi connectivity index (χ1) is 12.2. The smallest absolute Gasteiger partial charge is 0.125 e. The predicted octanol–water partition coefficient (Wildman–Crippen LogP) is 4.93. The van der Waals surface area contributed by atoms with Crippen molar-refractivity contribution in [3.63, 3.8) is 0 Å².